The fraction of sp³-hybridized carbons (Fsp3) is 0.0909. The van der Waals surface area contributed by atoms with Crippen molar-refractivity contribution in [2.45, 2.75) is 0 Å². The summed E-state index contributed by atoms with van der Waals surface area (Å²) in [7, 11) is 0. The molecule has 0 saturated heterocycles. The summed E-state index contributed by atoms with van der Waals surface area (Å²) in [5.41, 5.74) is 0.492. The Morgan fingerprint density at radius 3 is 2.44 bits per heavy atom. The van der Waals surface area contributed by atoms with E-state index in [4.69, 9.17) is 16.7 Å². The van der Waals surface area contributed by atoms with E-state index in [1.807, 2.05) is 6.07 Å². The van der Waals surface area contributed by atoms with Crippen molar-refractivity contribution in [3.05, 3.63) is 41.6 Å². The molecule has 0 atom stereocenters. The highest BCUT2D eigenvalue weighted by Crippen LogP contribution is 2.04. The molecule has 0 spiro atoms. The van der Waals surface area contributed by atoms with Gasteiger partial charge < -0.3 is 10.4 Å². The molecular weight excluding hydrogens is 230 g/mol. The maximum absolute atomic E-state index is 11.0. The van der Waals surface area contributed by atoms with E-state index in [1.165, 1.54) is 6.08 Å². The van der Waals surface area contributed by atoms with Crippen LogP contribution >= 0.6 is 11.6 Å². The Bertz CT molecular complexity index is 414. The zero-order valence-corrected chi connectivity index (χ0v) is 9.07. The van der Waals surface area contributed by atoms with Gasteiger partial charge in [0.2, 0.25) is 5.91 Å². The molecule has 16 heavy (non-hydrogen) atoms. The number of hydrogen-bond acceptors (Lipinski definition) is 2. The molecule has 84 valence electrons. The third-order valence-electron chi connectivity index (χ3n) is 1.74. The van der Waals surface area contributed by atoms with Gasteiger partial charge >= 0.3 is 5.97 Å². The number of carboxylic acid groups (broad SMARTS) is 1. The number of carboxylic acids is 1. The summed E-state index contributed by atoms with van der Waals surface area (Å²) in [6.45, 7) is 0. The molecule has 0 saturated carbocycles. The van der Waals surface area contributed by atoms with E-state index in [2.05, 4.69) is 5.32 Å². The monoisotopic (exact) mass is 239 g/mol. The summed E-state index contributed by atoms with van der Waals surface area (Å²) >= 11 is 5.27. The molecule has 0 aliphatic carbocycles. The lowest BCUT2D eigenvalue weighted by molar-refractivity contribution is -0.134. The molecule has 2 N–H and O–H groups in total. The normalized spacial score (nSPS) is 10.9. The minimum absolute atomic E-state index is 0.197. The number of nitrogens with one attached hydrogen (secondary N) is 1. The second kappa shape index (κ2) is 5.92. The first kappa shape index (κ1) is 12.3. The molecule has 0 bridgehead atoms. The molecule has 1 aromatic carbocycles. The SMILES string of the molecule is O=C(CCl)N/C(=C\c1ccccc1)C(=O)O. The Hall–Kier alpha value is -1.81. The molecule has 0 aliphatic rings. The number of rotatable bonds is 4. The largest absolute Gasteiger partial charge is 0.477 e. The topological polar surface area (TPSA) is 66.4 Å². The summed E-state index contributed by atoms with van der Waals surface area (Å²) in [5, 5.41) is 11.1. The fourth-order valence-electron chi connectivity index (χ4n) is 1.05. The van der Waals surface area contributed by atoms with Crippen LogP contribution in [0.5, 0.6) is 0 Å². The predicted octanol–water partition coefficient (Wildman–Crippen LogP) is 1.47. The van der Waals surface area contributed by atoms with E-state index in [0.29, 0.717) is 5.56 Å². The standard InChI is InChI=1S/C11H10ClNO3/c12-7-10(14)13-9(11(15)16)6-8-4-2-1-3-5-8/h1-6H,7H2,(H,13,14)(H,15,16)/b9-6-. The zero-order valence-electron chi connectivity index (χ0n) is 8.31. The average Bonchev–Trinajstić information content (AvgIpc) is 2.29. The first-order valence-electron chi connectivity index (χ1n) is 4.49. The van der Waals surface area contributed by atoms with Gasteiger partial charge in [-0.1, -0.05) is 30.3 Å². The third-order valence-corrected chi connectivity index (χ3v) is 1.98. The van der Waals surface area contributed by atoms with Crippen LogP contribution in [0.25, 0.3) is 6.08 Å². The van der Waals surface area contributed by atoms with Gasteiger partial charge in [-0.05, 0) is 11.6 Å². The highest BCUT2D eigenvalue weighted by molar-refractivity contribution is 6.27. The lowest BCUT2D eigenvalue weighted by Gasteiger charge is -2.03. The number of benzene rings is 1. The van der Waals surface area contributed by atoms with Gasteiger partial charge in [0.05, 0.1) is 0 Å². The molecule has 5 heteroatoms. The molecule has 0 aliphatic heterocycles. The summed E-state index contributed by atoms with van der Waals surface area (Å²) in [5.74, 6) is -2.03. The Balaban J connectivity index is 2.90. The first-order chi connectivity index (χ1) is 7.63. The average molecular weight is 240 g/mol. The Morgan fingerprint density at radius 2 is 1.94 bits per heavy atom. The van der Waals surface area contributed by atoms with Crippen LogP contribution in [-0.4, -0.2) is 22.9 Å². The number of amides is 1. The van der Waals surface area contributed by atoms with Crippen molar-refractivity contribution in [3.63, 3.8) is 0 Å². The zero-order chi connectivity index (χ0) is 12.0. The van der Waals surface area contributed by atoms with Gasteiger partial charge in [0.1, 0.15) is 11.6 Å². The van der Waals surface area contributed by atoms with Crippen LogP contribution < -0.4 is 5.32 Å². The van der Waals surface area contributed by atoms with Crippen molar-refractivity contribution in [2.24, 2.45) is 0 Å². The molecule has 0 radical (unpaired) electrons. The Morgan fingerprint density at radius 1 is 1.31 bits per heavy atom. The van der Waals surface area contributed by atoms with Crippen molar-refractivity contribution < 1.29 is 14.7 Å². The molecular formula is C11H10ClNO3. The first-order valence-corrected chi connectivity index (χ1v) is 5.03. The summed E-state index contributed by atoms with van der Waals surface area (Å²) in [6, 6.07) is 8.82. The van der Waals surface area contributed by atoms with Gasteiger partial charge in [-0.15, -0.1) is 11.6 Å². The summed E-state index contributed by atoms with van der Waals surface area (Å²) in [4.78, 5) is 21.8. The number of carbonyl (C=O) groups excluding carboxylic acids is 1. The van der Waals surface area contributed by atoms with Gasteiger partial charge in [-0.3, -0.25) is 4.79 Å². The number of alkyl halides is 1. The van der Waals surface area contributed by atoms with Crippen LogP contribution in [0.4, 0.5) is 0 Å². The molecule has 1 rings (SSSR count). The van der Waals surface area contributed by atoms with E-state index < -0.39 is 11.9 Å². The van der Waals surface area contributed by atoms with Crippen LogP contribution in [0.2, 0.25) is 0 Å². The van der Waals surface area contributed by atoms with E-state index in [1.54, 1.807) is 24.3 Å². The van der Waals surface area contributed by atoms with Gasteiger partial charge in [-0.25, -0.2) is 4.79 Å². The maximum atomic E-state index is 11.0. The smallest absolute Gasteiger partial charge is 0.352 e. The van der Waals surface area contributed by atoms with Crippen LogP contribution in [0.15, 0.2) is 36.0 Å². The number of aliphatic carboxylic acids is 1. The minimum atomic E-state index is -1.21. The molecule has 1 aromatic rings. The fourth-order valence-corrected chi connectivity index (χ4v) is 1.12. The highest BCUT2D eigenvalue weighted by Gasteiger charge is 2.10. The molecule has 0 unspecified atom stereocenters. The van der Waals surface area contributed by atoms with Crippen molar-refractivity contribution >= 4 is 29.6 Å². The maximum Gasteiger partial charge on any atom is 0.352 e. The molecule has 4 nitrogen and oxygen atoms in total. The molecule has 1 amide bonds. The number of carbonyl (C=O) groups is 2. The van der Waals surface area contributed by atoms with Crippen molar-refractivity contribution in [2.75, 3.05) is 5.88 Å². The Labute approximate surface area is 97.5 Å². The second-order valence-corrected chi connectivity index (χ2v) is 3.22. The van der Waals surface area contributed by atoms with E-state index in [0.717, 1.165) is 0 Å². The quantitative estimate of drug-likeness (QED) is 0.618. The van der Waals surface area contributed by atoms with Crippen molar-refractivity contribution in [1.82, 2.24) is 5.32 Å². The third kappa shape index (κ3) is 3.74. The minimum Gasteiger partial charge on any atom is -0.477 e. The Kier molecular flexibility index (Phi) is 4.54. The van der Waals surface area contributed by atoms with E-state index in [-0.39, 0.29) is 11.6 Å². The van der Waals surface area contributed by atoms with Gasteiger partial charge in [0.25, 0.3) is 0 Å². The summed E-state index contributed by atoms with van der Waals surface area (Å²) in [6.07, 6.45) is 1.37. The van der Waals surface area contributed by atoms with Gasteiger partial charge in [0.15, 0.2) is 0 Å². The van der Waals surface area contributed by atoms with Crippen LogP contribution in [0, 0.1) is 0 Å². The van der Waals surface area contributed by atoms with Crippen LogP contribution in [-0.2, 0) is 9.59 Å². The molecule has 0 heterocycles. The van der Waals surface area contributed by atoms with Gasteiger partial charge in [0, 0.05) is 0 Å². The number of halogens is 1. The highest BCUT2D eigenvalue weighted by atomic mass is 35.5. The lowest BCUT2D eigenvalue weighted by atomic mass is 10.2. The molecule has 0 fully saturated rings. The van der Waals surface area contributed by atoms with Crippen molar-refractivity contribution in [3.8, 4) is 0 Å². The van der Waals surface area contributed by atoms with Gasteiger partial charge in [-0.2, -0.15) is 0 Å². The summed E-state index contributed by atoms with van der Waals surface area (Å²) < 4.78 is 0. The van der Waals surface area contributed by atoms with E-state index >= 15 is 0 Å². The lowest BCUT2D eigenvalue weighted by Crippen LogP contribution is -2.27. The van der Waals surface area contributed by atoms with E-state index in [9.17, 15) is 9.59 Å². The van der Waals surface area contributed by atoms with Crippen LogP contribution in [0.3, 0.4) is 0 Å². The van der Waals surface area contributed by atoms with Crippen molar-refractivity contribution in [1.29, 1.82) is 0 Å². The molecule has 0 aromatic heterocycles. The van der Waals surface area contributed by atoms with Crippen LogP contribution in [0.1, 0.15) is 5.56 Å². The second-order valence-electron chi connectivity index (χ2n) is 2.96. The number of hydrogen-bond donors (Lipinski definition) is 2. The predicted molar refractivity (Wildman–Crippen MR) is 60.9 cm³/mol.